The van der Waals surface area contributed by atoms with Crippen molar-refractivity contribution in [2.75, 3.05) is 11.9 Å². The maximum Gasteiger partial charge on any atom is 0.280 e. The molecular weight excluding hydrogens is 306 g/mol. The van der Waals surface area contributed by atoms with E-state index in [0.29, 0.717) is 15.6 Å². The summed E-state index contributed by atoms with van der Waals surface area (Å²) in [6.45, 7) is 2.31. The van der Waals surface area contributed by atoms with Gasteiger partial charge < -0.3 is 10.6 Å². The van der Waals surface area contributed by atoms with Crippen molar-refractivity contribution >= 4 is 33.8 Å². The van der Waals surface area contributed by atoms with Gasteiger partial charge in [-0.15, -0.1) is 11.3 Å². The molecule has 0 aliphatic heterocycles. The summed E-state index contributed by atoms with van der Waals surface area (Å²) in [4.78, 5) is 11.9. The number of carbonyl (C=O) groups is 1. The Bertz CT molecular complexity index is 678. The number of hydrogen-bond acceptors (Lipinski definition) is 3. The summed E-state index contributed by atoms with van der Waals surface area (Å²) in [6, 6.07) is 11.5. The number of hydrogen-bond donors (Lipinski definition) is 2. The number of nitrogens with one attached hydrogen (secondary N) is 1. The zero-order chi connectivity index (χ0) is 15.2. The monoisotopic (exact) mass is 320 g/mol. The summed E-state index contributed by atoms with van der Waals surface area (Å²) in [5.74, 6) is -0.122. The molecule has 6 heteroatoms. The van der Waals surface area contributed by atoms with Gasteiger partial charge in [0.2, 0.25) is 0 Å². The quantitative estimate of drug-likeness (QED) is 0.888. The average Bonchev–Trinajstić information content (AvgIpc) is 2.92. The van der Waals surface area contributed by atoms with E-state index in [4.69, 9.17) is 16.9 Å². The van der Waals surface area contributed by atoms with Gasteiger partial charge in [-0.1, -0.05) is 23.7 Å². The van der Waals surface area contributed by atoms with Crippen LogP contribution >= 0.6 is 22.9 Å². The van der Waals surface area contributed by atoms with E-state index in [1.54, 1.807) is 11.4 Å². The first kappa shape index (κ1) is 15.5. The summed E-state index contributed by atoms with van der Waals surface area (Å²) in [6.07, 6.45) is 0. The number of anilines is 1. The van der Waals surface area contributed by atoms with Crippen molar-refractivity contribution in [2.45, 2.75) is 13.0 Å². The van der Waals surface area contributed by atoms with Gasteiger partial charge in [0.15, 0.2) is 6.54 Å². The third-order valence-corrected chi connectivity index (χ3v) is 4.13. The molecule has 1 atom stereocenters. The smallest absolute Gasteiger partial charge is 0.280 e. The van der Waals surface area contributed by atoms with Crippen LogP contribution in [0.2, 0.25) is 5.02 Å². The molecule has 0 spiro atoms. The van der Waals surface area contributed by atoms with Gasteiger partial charge in [-0.05, 0) is 30.5 Å². The Hall–Kier alpha value is -1.87. The van der Waals surface area contributed by atoms with E-state index in [9.17, 15) is 4.79 Å². The predicted molar refractivity (Wildman–Crippen MR) is 84.3 cm³/mol. The lowest BCUT2D eigenvalue weighted by atomic mass is 10.1. The van der Waals surface area contributed by atoms with Gasteiger partial charge in [0, 0.05) is 10.6 Å². The van der Waals surface area contributed by atoms with Gasteiger partial charge in [-0.25, -0.2) is 0 Å². The number of benzene rings is 1. The van der Waals surface area contributed by atoms with Crippen LogP contribution in [-0.2, 0) is 4.79 Å². The molecule has 1 amide bonds. The Balaban J connectivity index is 1.88. The highest BCUT2D eigenvalue weighted by atomic mass is 35.5. The van der Waals surface area contributed by atoms with Crippen molar-refractivity contribution in [3.63, 3.8) is 0 Å². The van der Waals surface area contributed by atoms with Crippen LogP contribution < -0.4 is 10.6 Å². The van der Waals surface area contributed by atoms with Gasteiger partial charge >= 0.3 is 0 Å². The van der Waals surface area contributed by atoms with Crippen LogP contribution in [0.15, 0.2) is 35.7 Å². The van der Waals surface area contributed by atoms with Crippen LogP contribution in [0.3, 0.4) is 0 Å². The first-order valence-electron chi connectivity index (χ1n) is 6.46. The SMILES string of the molecule is C[C@@H]([NH2+]CC(=O)Nc1sccc1C#N)c1cccc(Cl)c1. The van der Waals surface area contributed by atoms with Gasteiger partial charge in [-0.2, -0.15) is 5.26 Å². The van der Waals surface area contributed by atoms with Gasteiger partial charge in [0.05, 0.1) is 5.56 Å². The maximum atomic E-state index is 11.9. The highest BCUT2D eigenvalue weighted by Crippen LogP contribution is 2.21. The molecule has 2 rings (SSSR count). The summed E-state index contributed by atoms with van der Waals surface area (Å²) in [7, 11) is 0. The Morgan fingerprint density at radius 3 is 3.05 bits per heavy atom. The van der Waals surface area contributed by atoms with Crippen molar-refractivity contribution < 1.29 is 10.1 Å². The van der Waals surface area contributed by atoms with E-state index in [-0.39, 0.29) is 18.5 Å². The van der Waals surface area contributed by atoms with Crippen molar-refractivity contribution in [3.8, 4) is 6.07 Å². The Morgan fingerprint density at radius 2 is 2.33 bits per heavy atom. The number of quaternary nitrogens is 1. The van der Waals surface area contributed by atoms with E-state index in [1.165, 1.54) is 11.3 Å². The Labute approximate surface area is 132 Å². The van der Waals surface area contributed by atoms with Crippen LogP contribution in [0.25, 0.3) is 0 Å². The minimum absolute atomic E-state index is 0.122. The van der Waals surface area contributed by atoms with E-state index in [2.05, 4.69) is 5.32 Å². The highest BCUT2D eigenvalue weighted by molar-refractivity contribution is 7.14. The van der Waals surface area contributed by atoms with Gasteiger partial charge in [0.1, 0.15) is 17.1 Å². The molecule has 108 valence electrons. The molecule has 0 unspecified atom stereocenters. The average molecular weight is 321 g/mol. The van der Waals surface area contributed by atoms with Gasteiger partial charge in [-0.3, -0.25) is 4.79 Å². The molecule has 1 aromatic heterocycles. The highest BCUT2D eigenvalue weighted by Gasteiger charge is 2.13. The van der Waals surface area contributed by atoms with Crippen LogP contribution in [-0.4, -0.2) is 12.5 Å². The lowest BCUT2D eigenvalue weighted by Crippen LogP contribution is -2.86. The fraction of sp³-hybridized carbons (Fsp3) is 0.200. The molecule has 21 heavy (non-hydrogen) atoms. The standard InChI is InChI=1S/C15H14ClN3OS/c1-10(11-3-2-4-13(16)7-11)18-9-14(20)19-15-12(8-17)5-6-21-15/h2-7,10,18H,9H2,1H3,(H,19,20)/p+1/t10-/m1/s1. The molecule has 0 aliphatic carbocycles. The maximum absolute atomic E-state index is 11.9. The summed E-state index contributed by atoms with van der Waals surface area (Å²) in [5.41, 5.74) is 1.57. The number of amides is 1. The van der Waals surface area contributed by atoms with E-state index >= 15 is 0 Å². The second kappa shape index (κ2) is 7.23. The minimum atomic E-state index is -0.122. The molecule has 0 fully saturated rings. The van der Waals surface area contributed by atoms with E-state index < -0.39 is 0 Å². The second-order valence-electron chi connectivity index (χ2n) is 4.61. The topological polar surface area (TPSA) is 69.5 Å². The fourth-order valence-electron chi connectivity index (χ4n) is 1.88. The van der Waals surface area contributed by atoms with Crippen molar-refractivity contribution in [2.24, 2.45) is 0 Å². The molecular formula is C15H15ClN3OS+. The third kappa shape index (κ3) is 4.30. The molecule has 0 saturated heterocycles. The first-order chi connectivity index (χ1) is 10.1. The summed E-state index contributed by atoms with van der Waals surface area (Å²) in [5, 5.41) is 16.7. The molecule has 0 aliphatic rings. The van der Waals surface area contributed by atoms with Gasteiger partial charge in [0.25, 0.3) is 5.91 Å². The van der Waals surface area contributed by atoms with Crippen molar-refractivity contribution in [3.05, 3.63) is 51.9 Å². The minimum Gasteiger partial charge on any atom is -0.333 e. The van der Waals surface area contributed by atoms with Crippen LogP contribution in [0, 0.1) is 11.3 Å². The van der Waals surface area contributed by atoms with Crippen LogP contribution in [0.5, 0.6) is 0 Å². The number of nitrogens with zero attached hydrogens (tertiary/aromatic N) is 1. The van der Waals surface area contributed by atoms with Crippen molar-refractivity contribution in [1.82, 2.24) is 0 Å². The molecule has 1 aromatic carbocycles. The second-order valence-corrected chi connectivity index (χ2v) is 5.96. The Morgan fingerprint density at radius 1 is 1.52 bits per heavy atom. The summed E-state index contributed by atoms with van der Waals surface area (Å²) >= 11 is 7.31. The number of carbonyl (C=O) groups excluding carboxylic acids is 1. The van der Waals surface area contributed by atoms with Crippen LogP contribution in [0.1, 0.15) is 24.1 Å². The molecule has 0 bridgehead atoms. The first-order valence-corrected chi connectivity index (χ1v) is 7.72. The molecule has 0 saturated carbocycles. The molecule has 4 nitrogen and oxygen atoms in total. The largest absolute Gasteiger partial charge is 0.333 e. The normalized spacial score (nSPS) is 11.7. The predicted octanol–water partition coefficient (Wildman–Crippen LogP) is 2.54. The lowest BCUT2D eigenvalue weighted by Gasteiger charge is -2.11. The third-order valence-electron chi connectivity index (χ3n) is 3.07. The molecule has 1 heterocycles. The summed E-state index contributed by atoms with van der Waals surface area (Å²) < 4.78 is 0. The zero-order valence-electron chi connectivity index (χ0n) is 11.5. The Kier molecular flexibility index (Phi) is 5.34. The van der Waals surface area contributed by atoms with Crippen molar-refractivity contribution in [1.29, 1.82) is 5.26 Å². The molecule has 2 aromatic rings. The number of rotatable bonds is 5. The number of nitriles is 1. The number of halogens is 1. The number of thiophene rings is 1. The van der Waals surface area contributed by atoms with E-state index in [0.717, 1.165) is 5.56 Å². The molecule has 0 radical (unpaired) electrons. The number of nitrogens with two attached hydrogens (primary N) is 1. The van der Waals surface area contributed by atoms with E-state index in [1.807, 2.05) is 42.6 Å². The van der Waals surface area contributed by atoms with Crippen LogP contribution in [0.4, 0.5) is 5.00 Å². The zero-order valence-corrected chi connectivity index (χ0v) is 13.0. The molecule has 3 N–H and O–H groups in total. The fourth-order valence-corrected chi connectivity index (χ4v) is 2.83. The lowest BCUT2D eigenvalue weighted by molar-refractivity contribution is -0.682.